The molecule has 154 valence electrons. The van der Waals surface area contributed by atoms with Gasteiger partial charge in [0.15, 0.2) is 22.8 Å². The molecular formula is C21H27FO6. The van der Waals surface area contributed by atoms with Crippen LogP contribution in [0.25, 0.3) is 0 Å². The number of aliphatic hydroxyl groups excluding tert-OH is 3. The van der Waals surface area contributed by atoms with Crippen molar-refractivity contribution >= 4 is 11.6 Å². The zero-order chi connectivity index (χ0) is 20.7. The molecule has 4 rings (SSSR count). The molecule has 4 aliphatic carbocycles. The molecule has 0 spiro atoms. The molecule has 7 heteroatoms. The van der Waals surface area contributed by atoms with E-state index in [2.05, 4.69) is 0 Å². The van der Waals surface area contributed by atoms with Crippen molar-refractivity contribution in [1.29, 1.82) is 0 Å². The van der Waals surface area contributed by atoms with E-state index >= 15 is 4.39 Å². The predicted octanol–water partition coefficient (Wildman–Crippen LogP) is 0.620. The summed E-state index contributed by atoms with van der Waals surface area (Å²) in [5.41, 5.74) is -6.13. The number of allylic oxidation sites excluding steroid dienone is 4. The molecule has 2 fully saturated rings. The molecule has 0 bridgehead atoms. The quantitative estimate of drug-likeness (QED) is 0.511. The number of Topliss-reactive ketones (excluding diaryl/α,β-unsaturated/α-hetero) is 1. The minimum atomic E-state index is -2.24. The maximum Gasteiger partial charge on any atom is 0.192 e. The summed E-state index contributed by atoms with van der Waals surface area (Å²) >= 11 is 0. The van der Waals surface area contributed by atoms with Crippen molar-refractivity contribution < 1.29 is 34.4 Å². The van der Waals surface area contributed by atoms with Gasteiger partial charge in [-0.25, -0.2) is 4.39 Å². The summed E-state index contributed by atoms with van der Waals surface area (Å²) in [7, 11) is 0. The van der Waals surface area contributed by atoms with Crippen LogP contribution in [0.5, 0.6) is 0 Å². The van der Waals surface area contributed by atoms with Gasteiger partial charge in [0.25, 0.3) is 0 Å². The zero-order valence-corrected chi connectivity index (χ0v) is 16.1. The Labute approximate surface area is 162 Å². The first-order valence-corrected chi connectivity index (χ1v) is 9.80. The van der Waals surface area contributed by atoms with Crippen LogP contribution in [0.15, 0.2) is 23.8 Å². The van der Waals surface area contributed by atoms with Crippen molar-refractivity contribution in [3.05, 3.63) is 23.8 Å². The number of carbonyl (C=O) groups excluding carboxylic acids is 2. The number of alkyl halides is 1. The number of rotatable bonds is 2. The number of fused-ring (bicyclic) bond motifs is 5. The maximum atomic E-state index is 16.8. The predicted molar refractivity (Wildman–Crippen MR) is 96.8 cm³/mol. The lowest BCUT2D eigenvalue weighted by Crippen LogP contribution is -2.69. The lowest BCUT2D eigenvalue weighted by molar-refractivity contribution is -0.218. The molecule has 0 heterocycles. The Bertz CT molecular complexity index is 807. The molecule has 8 atom stereocenters. The monoisotopic (exact) mass is 394 g/mol. The normalized spacial score (nSPS) is 52.5. The second-order valence-electron chi connectivity index (χ2n) is 9.36. The van der Waals surface area contributed by atoms with Gasteiger partial charge in [-0.1, -0.05) is 24.6 Å². The van der Waals surface area contributed by atoms with Gasteiger partial charge in [0, 0.05) is 23.2 Å². The van der Waals surface area contributed by atoms with E-state index in [9.17, 15) is 30.0 Å². The molecule has 6 nitrogen and oxygen atoms in total. The number of ketones is 2. The van der Waals surface area contributed by atoms with E-state index in [-0.39, 0.29) is 31.5 Å². The molecule has 0 amide bonds. The second kappa shape index (κ2) is 5.81. The summed E-state index contributed by atoms with van der Waals surface area (Å²) in [5.74, 6) is -2.34. The van der Waals surface area contributed by atoms with Crippen molar-refractivity contribution in [3.8, 4) is 0 Å². The Hall–Kier alpha value is -1.41. The van der Waals surface area contributed by atoms with Gasteiger partial charge >= 0.3 is 0 Å². The van der Waals surface area contributed by atoms with Crippen molar-refractivity contribution in [3.63, 3.8) is 0 Å². The summed E-state index contributed by atoms with van der Waals surface area (Å²) in [4.78, 5) is 24.2. The fraction of sp³-hybridized carbons (Fsp3) is 0.714. The van der Waals surface area contributed by atoms with Crippen LogP contribution in [0.3, 0.4) is 0 Å². The second-order valence-corrected chi connectivity index (χ2v) is 9.36. The molecule has 8 unspecified atom stereocenters. The first-order chi connectivity index (χ1) is 13.0. The Kier molecular flexibility index (Phi) is 4.13. The van der Waals surface area contributed by atoms with Gasteiger partial charge in [0.2, 0.25) is 0 Å². The fourth-order valence-electron chi connectivity index (χ4n) is 6.76. The molecular weight excluding hydrogens is 367 g/mol. The molecule has 2 saturated carbocycles. The van der Waals surface area contributed by atoms with E-state index in [4.69, 9.17) is 0 Å². The van der Waals surface area contributed by atoms with Crippen molar-refractivity contribution in [2.45, 2.75) is 63.0 Å². The van der Waals surface area contributed by atoms with Crippen molar-refractivity contribution in [2.75, 3.05) is 6.61 Å². The summed E-state index contributed by atoms with van der Waals surface area (Å²) in [6.45, 7) is 2.33. The molecule has 4 N–H and O–H groups in total. The largest absolute Gasteiger partial charge is 0.390 e. The molecule has 0 aliphatic heterocycles. The molecule has 0 saturated heterocycles. The highest BCUT2D eigenvalue weighted by Gasteiger charge is 2.75. The highest BCUT2D eigenvalue weighted by atomic mass is 19.1. The van der Waals surface area contributed by atoms with E-state index in [0.29, 0.717) is 5.57 Å². The first-order valence-electron chi connectivity index (χ1n) is 9.80. The number of hydrogen-bond donors (Lipinski definition) is 4. The smallest absolute Gasteiger partial charge is 0.192 e. The van der Waals surface area contributed by atoms with Crippen LogP contribution in [0.1, 0.15) is 39.5 Å². The van der Waals surface area contributed by atoms with Crippen molar-refractivity contribution in [2.24, 2.45) is 22.7 Å². The minimum absolute atomic E-state index is 0.00367. The third kappa shape index (κ3) is 2.01. The molecule has 28 heavy (non-hydrogen) atoms. The third-order valence-electron chi connectivity index (χ3n) is 8.39. The van der Waals surface area contributed by atoms with Crippen LogP contribution >= 0.6 is 0 Å². The standard InChI is InChI=1S/C21H27FO6/c1-18-6-5-12(24)7-11(18)3-4-13-14-8-15(25)21(28,17(27)10-23)19(14,2)9-16(26)20(13,18)22/h3,5-6,13-16,23,25-26,28H,4,7-10H2,1-2H3. The zero-order valence-electron chi connectivity index (χ0n) is 16.1. The Balaban J connectivity index is 1.85. The Morgan fingerprint density at radius 2 is 1.93 bits per heavy atom. The highest BCUT2D eigenvalue weighted by molar-refractivity contribution is 5.93. The molecule has 0 radical (unpaired) electrons. The summed E-state index contributed by atoms with van der Waals surface area (Å²) in [6.07, 6.45) is 1.90. The van der Waals surface area contributed by atoms with E-state index in [1.54, 1.807) is 13.8 Å². The van der Waals surface area contributed by atoms with E-state index in [0.717, 1.165) is 0 Å². The van der Waals surface area contributed by atoms with Crippen LogP contribution in [-0.4, -0.2) is 62.1 Å². The lowest BCUT2D eigenvalue weighted by Gasteiger charge is -2.61. The highest BCUT2D eigenvalue weighted by Crippen LogP contribution is 2.69. The average Bonchev–Trinajstić information content (AvgIpc) is 2.84. The summed E-state index contributed by atoms with van der Waals surface area (Å²) in [6, 6.07) is 0. The number of aliphatic hydroxyl groups is 4. The van der Waals surface area contributed by atoms with Crippen LogP contribution in [0.2, 0.25) is 0 Å². The van der Waals surface area contributed by atoms with Crippen LogP contribution in [-0.2, 0) is 9.59 Å². The van der Waals surface area contributed by atoms with Crippen LogP contribution in [0.4, 0.5) is 4.39 Å². The minimum Gasteiger partial charge on any atom is -0.390 e. The lowest BCUT2D eigenvalue weighted by atomic mass is 9.45. The van der Waals surface area contributed by atoms with Crippen molar-refractivity contribution in [1.82, 2.24) is 0 Å². The first kappa shape index (κ1) is 19.9. The van der Waals surface area contributed by atoms with Gasteiger partial charge in [-0.05, 0) is 38.2 Å². The SMILES string of the molecule is CC12C=CC(=O)CC1=CCC1C3CC(O)C(O)(C(=O)CO)C3(C)CC(O)C12F. The molecule has 0 aromatic carbocycles. The van der Waals surface area contributed by atoms with Gasteiger partial charge in [-0.3, -0.25) is 9.59 Å². The van der Waals surface area contributed by atoms with E-state index < -0.39 is 58.5 Å². The molecule has 4 aliphatic rings. The summed E-state index contributed by atoms with van der Waals surface area (Å²) in [5, 5.41) is 42.1. The van der Waals surface area contributed by atoms with Gasteiger partial charge in [0.05, 0.1) is 12.2 Å². The fourth-order valence-corrected chi connectivity index (χ4v) is 6.76. The Morgan fingerprint density at radius 3 is 2.57 bits per heavy atom. The molecule has 0 aromatic rings. The van der Waals surface area contributed by atoms with E-state index in [1.165, 1.54) is 12.2 Å². The number of hydrogen-bond acceptors (Lipinski definition) is 6. The Morgan fingerprint density at radius 1 is 1.25 bits per heavy atom. The summed E-state index contributed by atoms with van der Waals surface area (Å²) < 4.78 is 16.8. The van der Waals surface area contributed by atoms with Gasteiger partial charge in [-0.15, -0.1) is 0 Å². The average molecular weight is 394 g/mol. The topological polar surface area (TPSA) is 115 Å². The van der Waals surface area contributed by atoms with Gasteiger partial charge < -0.3 is 20.4 Å². The van der Waals surface area contributed by atoms with Gasteiger partial charge in [0.1, 0.15) is 6.61 Å². The van der Waals surface area contributed by atoms with E-state index in [1.807, 2.05) is 6.08 Å². The molecule has 0 aromatic heterocycles. The van der Waals surface area contributed by atoms with Crippen LogP contribution < -0.4 is 0 Å². The number of carbonyl (C=O) groups is 2. The number of halogens is 1. The third-order valence-corrected chi connectivity index (χ3v) is 8.39. The maximum absolute atomic E-state index is 16.8. The van der Waals surface area contributed by atoms with Crippen LogP contribution in [0, 0.1) is 22.7 Å². The van der Waals surface area contributed by atoms with Gasteiger partial charge in [-0.2, -0.15) is 0 Å².